The molecule has 0 spiro atoms. The van der Waals surface area contributed by atoms with E-state index in [1.165, 1.54) is 0 Å². The Morgan fingerprint density at radius 3 is 2.74 bits per heavy atom. The van der Waals surface area contributed by atoms with Gasteiger partial charge in [-0.3, -0.25) is 4.90 Å². The number of ether oxygens (including phenoxy) is 3. The Bertz CT molecular complexity index is 918. The number of halogens is 1. The Morgan fingerprint density at radius 1 is 1.31 bits per heavy atom. The van der Waals surface area contributed by atoms with Crippen LogP contribution < -0.4 is 15.7 Å². The molecule has 4 rings (SSSR count). The van der Waals surface area contributed by atoms with Crippen LogP contribution in [-0.4, -0.2) is 67.0 Å². The molecule has 3 heterocycles. The summed E-state index contributed by atoms with van der Waals surface area (Å²) in [5.74, 6) is 0.163. The van der Waals surface area contributed by atoms with Crippen LogP contribution in [0, 0.1) is 12.8 Å². The minimum absolute atomic E-state index is 0.134. The first-order chi connectivity index (χ1) is 16.5. The van der Waals surface area contributed by atoms with Crippen LogP contribution >= 0.6 is 11.6 Å². The molecule has 35 heavy (non-hydrogen) atoms. The lowest BCUT2D eigenvalue weighted by atomic mass is 9.73. The molecule has 3 aliphatic heterocycles. The summed E-state index contributed by atoms with van der Waals surface area (Å²) in [6.07, 6.45) is 4.79. The van der Waals surface area contributed by atoms with Gasteiger partial charge in [0.1, 0.15) is 5.60 Å². The van der Waals surface area contributed by atoms with Gasteiger partial charge in [-0.15, -0.1) is 0 Å². The molecule has 1 aromatic carbocycles. The van der Waals surface area contributed by atoms with Crippen molar-refractivity contribution >= 4 is 36.0 Å². The summed E-state index contributed by atoms with van der Waals surface area (Å²) in [7, 11) is -1.76. The van der Waals surface area contributed by atoms with Crippen LogP contribution in [0.1, 0.15) is 64.0 Å². The number of amides is 1. The van der Waals surface area contributed by atoms with Gasteiger partial charge in [-0.1, -0.05) is 11.6 Å². The van der Waals surface area contributed by atoms with Gasteiger partial charge >= 0.3 is 13.2 Å². The zero-order valence-corrected chi connectivity index (χ0v) is 21.9. The summed E-state index contributed by atoms with van der Waals surface area (Å²) < 4.78 is 17.5. The average molecular weight is 509 g/mol. The molecule has 0 radical (unpaired) electrons. The van der Waals surface area contributed by atoms with Crippen LogP contribution in [0.4, 0.5) is 10.5 Å². The average Bonchev–Trinajstić information content (AvgIpc) is 3.27. The second-order valence-corrected chi connectivity index (χ2v) is 11.4. The van der Waals surface area contributed by atoms with Gasteiger partial charge in [0.2, 0.25) is 0 Å². The second kappa shape index (κ2) is 10.9. The number of anilines is 1. The predicted octanol–water partition coefficient (Wildman–Crippen LogP) is 2.91. The van der Waals surface area contributed by atoms with Crippen molar-refractivity contribution in [2.24, 2.45) is 5.92 Å². The molecule has 3 N–H and O–H groups in total. The number of nitrogens with one attached hydrogen (secondary N) is 1. The maximum absolute atomic E-state index is 13.6. The number of hydrogen-bond acceptors (Lipinski definition) is 7. The van der Waals surface area contributed by atoms with E-state index in [-0.39, 0.29) is 29.8 Å². The van der Waals surface area contributed by atoms with Crippen LogP contribution in [0.15, 0.2) is 6.07 Å². The molecule has 1 amide bonds. The van der Waals surface area contributed by atoms with Gasteiger partial charge < -0.3 is 29.6 Å². The number of fused-ring (bicyclic) bond motifs is 1. The smallest absolute Gasteiger partial charge is 0.443 e. The molecular formula is C25H38BClN2O6. The molecule has 8 nitrogen and oxygen atoms in total. The molecule has 4 atom stereocenters. The molecule has 194 valence electrons. The molecule has 10 heteroatoms. The van der Waals surface area contributed by atoms with Gasteiger partial charge in [0, 0.05) is 35.7 Å². The molecule has 2 fully saturated rings. The minimum Gasteiger partial charge on any atom is -0.443 e. The van der Waals surface area contributed by atoms with Crippen LogP contribution in [0.2, 0.25) is 5.02 Å². The highest BCUT2D eigenvalue weighted by atomic mass is 35.5. The molecular weight excluding hydrogens is 471 g/mol. The van der Waals surface area contributed by atoms with Gasteiger partial charge in [0.05, 0.1) is 12.3 Å². The zero-order valence-electron chi connectivity index (χ0n) is 21.2. The monoisotopic (exact) mass is 508 g/mol. The van der Waals surface area contributed by atoms with E-state index >= 15 is 0 Å². The van der Waals surface area contributed by atoms with E-state index in [0.717, 1.165) is 56.4 Å². The topological polar surface area (TPSA) is 100 Å². The van der Waals surface area contributed by atoms with E-state index in [9.17, 15) is 14.8 Å². The van der Waals surface area contributed by atoms with E-state index < -0.39 is 18.8 Å². The van der Waals surface area contributed by atoms with Crippen molar-refractivity contribution in [3.63, 3.8) is 0 Å². The van der Waals surface area contributed by atoms with Crippen molar-refractivity contribution in [3.05, 3.63) is 22.2 Å². The Kier molecular flexibility index (Phi) is 8.35. The molecule has 0 aromatic heterocycles. The Hall–Kier alpha value is -1.36. The standard InChI is InChI=1S/C25H38BClN2O6/c1-15-18-8-9-21(16-11-17(28-13-16)14-34-22-7-5-6-10-33-22)29(24(30)35-25(2,3)4)23(18)19(26(31)32)12-20(15)27/h12,16-17,21-22,28,31-32H,5-11,13-14H2,1-4H3. The lowest BCUT2D eigenvalue weighted by Crippen LogP contribution is -2.53. The zero-order chi connectivity index (χ0) is 25.3. The summed E-state index contributed by atoms with van der Waals surface area (Å²) in [6, 6.07) is 1.56. The van der Waals surface area contributed by atoms with Gasteiger partial charge in [-0.25, -0.2) is 4.79 Å². The Morgan fingerprint density at radius 2 is 2.09 bits per heavy atom. The highest BCUT2D eigenvalue weighted by Gasteiger charge is 2.43. The van der Waals surface area contributed by atoms with Crippen molar-refractivity contribution in [2.75, 3.05) is 24.7 Å². The van der Waals surface area contributed by atoms with Crippen molar-refractivity contribution in [3.8, 4) is 0 Å². The molecule has 0 aliphatic carbocycles. The lowest BCUT2D eigenvalue weighted by Gasteiger charge is -2.42. The normalized spacial score (nSPS) is 27.0. The van der Waals surface area contributed by atoms with Crippen molar-refractivity contribution < 1.29 is 29.1 Å². The van der Waals surface area contributed by atoms with Gasteiger partial charge in [-0.2, -0.15) is 0 Å². The van der Waals surface area contributed by atoms with E-state index in [1.807, 2.05) is 27.7 Å². The fourth-order valence-electron chi connectivity index (χ4n) is 5.50. The van der Waals surface area contributed by atoms with Crippen molar-refractivity contribution in [1.29, 1.82) is 0 Å². The molecule has 4 unspecified atom stereocenters. The number of hydrogen-bond donors (Lipinski definition) is 3. The molecule has 0 bridgehead atoms. The largest absolute Gasteiger partial charge is 0.490 e. The first-order valence-corrected chi connectivity index (χ1v) is 13.1. The first-order valence-electron chi connectivity index (χ1n) is 12.7. The van der Waals surface area contributed by atoms with E-state index in [4.69, 9.17) is 25.8 Å². The number of nitrogens with zero attached hydrogens (tertiary/aromatic N) is 1. The van der Waals surface area contributed by atoms with E-state index in [2.05, 4.69) is 5.32 Å². The fourth-order valence-corrected chi connectivity index (χ4v) is 5.74. The highest BCUT2D eigenvalue weighted by Crippen LogP contribution is 2.39. The van der Waals surface area contributed by atoms with E-state index in [0.29, 0.717) is 23.7 Å². The first kappa shape index (κ1) is 26.7. The van der Waals surface area contributed by atoms with Gasteiger partial charge in [0.25, 0.3) is 0 Å². The molecule has 1 aromatic rings. The predicted molar refractivity (Wildman–Crippen MR) is 136 cm³/mol. The minimum atomic E-state index is -1.76. The third-order valence-electron chi connectivity index (χ3n) is 7.20. The Balaban J connectivity index is 1.59. The third-order valence-corrected chi connectivity index (χ3v) is 7.60. The summed E-state index contributed by atoms with van der Waals surface area (Å²) in [6.45, 7) is 9.45. The summed E-state index contributed by atoms with van der Waals surface area (Å²) in [5, 5.41) is 24.4. The number of carbonyl (C=O) groups is 1. The van der Waals surface area contributed by atoms with Gasteiger partial charge in [0.15, 0.2) is 6.29 Å². The maximum atomic E-state index is 13.6. The highest BCUT2D eigenvalue weighted by molar-refractivity contribution is 6.61. The van der Waals surface area contributed by atoms with Crippen molar-refractivity contribution in [1.82, 2.24) is 5.32 Å². The summed E-state index contributed by atoms with van der Waals surface area (Å²) in [5.41, 5.74) is 1.77. The van der Waals surface area contributed by atoms with Crippen molar-refractivity contribution in [2.45, 2.75) is 90.2 Å². The van der Waals surface area contributed by atoms with E-state index in [1.54, 1.807) is 11.0 Å². The third kappa shape index (κ3) is 6.14. The second-order valence-electron chi connectivity index (χ2n) is 11.0. The number of benzene rings is 1. The van der Waals surface area contributed by atoms with Gasteiger partial charge in [-0.05, 0) is 89.3 Å². The molecule has 2 saturated heterocycles. The van der Waals surface area contributed by atoms with Crippen LogP contribution in [-0.2, 0) is 20.6 Å². The lowest BCUT2D eigenvalue weighted by molar-refractivity contribution is -0.165. The SMILES string of the molecule is Cc1c(Cl)cc(B(O)O)c2c1CCC(C1CNC(COC3CCCCO3)C1)N2C(=O)OC(C)(C)C. The van der Waals surface area contributed by atoms with Crippen LogP contribution in [0.5, 0.6) is 0 Å². The Labute approximate surface area is 213 Å². The number of rotatable bonds is 5. The molecule has 3 aliphatic rings. The maximum Gasteiger partial charge on any atom is 0.490 e. The number of carbonyl (C=O) groups excluding carboxylic acids is 1. The summed E-state index contributed by atoms with van der Waals surface area (Å²) >= 11 is 6.42. The van der Waals surface area contributed by atoms with Crippen LogP contribution in [0.3, 0.4) is 0 Å². The summed E-state index contributed by atoms with van der Waals surface area (Å²) in [4.78, 5) is 15.2. The fraction of sp³-hybridized carbons (Fsp3) is 0.720. The molecule has 0 saturated carbocycles. The quantitative estimate of drug-likeness (QED) is 0.526. The van der Waals surface area contributed by atoms with Crippen LogP contribution in [0.25, 0.3) is 0 Å².